The summed E-state index contributed by atoms with van der Waals surface area (Å²) in [7, 11) is 0. The highest BCUT2D eigenvalue weighted by atomic mass is 79.9. The number of hydrogen-bond donors (Lipinski definition) is 1. The molecular formula is C26H20BrClFN4O2+. The van der Waals surface area contributed by atoms with Crippen LogP contribution in [0, 0.1) is 5.82 Å². The van der Waals surface area contributed by atoms with Gasteiger partial charge in [0.2, 0.25) is 0 Å². The van der Waals surface area contributed by atoms with Gasteiger partial charge < -0.3 is 9.72 Å². The first-order valence-corrected chi connectivity index (χ1v) is 12.5. The molecule has 0 spiro atoms. The molecule has 1 fully saturated rings. The number of aromatic nitrogens is 4. The van der Waals surface area contributed by atoms with Crippen LogP contribution in [-0.4, -0.2) is 21.4 Å². The predicted octanol–water partition coefficient (Wildman–Crippen LogP) is 6.08. The fraction of sp³-hybridized carbons (Fsp3) is 0.192. The number of pyridine rings is 2. The fourth-order valence-electron chi connectivity index (χ4n) is 4.73. The molecule has 0 amide bonds. The first-order valence-electron chi connectivity index (χ1n) is 11.3. The lowest BCUT2D eigenvalue weighted by Crippen LogP contribution is -2.37. The van der Waals surface area contributed by atoms with Crippen LogP contribution < -0.4 is 10.1 Å². The van der Waals surface area contributed by atoms with E-state index in [0.717, 1.165) is 30.2 Å². The van der Waals surface area contributed by atoms with Gasteiger partial charge in [-0.05, 0) is 53.4 Å². The van der Waals surface area contributed by atoms with Gasteiger partial charge in [-0.2, -0.15) is 9.67 Å². The lowest BCUT2D eigenvalue weighted by Gasteiger charge is -2.22. The molecule has 0 saturated carbocycles. The number of aromatic amines is 1. The SMILES string of the molecule is O=c1[nH]c2cc(F)c(Br)cc2c(-c2ccc(Cl)c3nn(C4CCCCO4)cc23)c1-[n+]1ccccc1. The quantitative estimate of drug-likeness (QED) is 0.275. The molecule has 0 bridgehead atoms. The minimum atomic E-state index is -0.456. The Morgan fingerprint density at radius 3 is 2.77 bits per heavy atom. The zero-order chi connectivity index (χ0) is 24.1. The minimum absolute atomic E-state index is 0.165. The van der Waals surface area contributed by atoms with Crippen LogP contribution >= 0.6 is 27.5 Å². The van der Waals surface area contributed by atoms with Crippen molar-refractivity contribution in [1.29, 1.82) is 0 Å². The molecule has 176 valence electrons. The van der Waals surface area contributed by atoms with Gasteiger partial charge >= 0.3 is 5.56 Å². The summed E-state index contributed by atoms with van der Waals surface area (Å²) in [5.41, 5.74) is 2.53. The lowest BCUT2D eigenvalue weighted by atomic mass is 9.96. The minimum Gasteiger partial charge on any atom is -0.357 e. The molecule has 1 N–H and O–H groups in total. The second-order valence-corrected chi connectivity index (χ2v) is 9.82. The largest absolute Gasteiger partial charge is 0.357 e. The van der Waals surface area contributed by atoms with Crippen molar-refractivity contribution < 1.29 is 13.7 Å². The van der Waals surface area contributed by atoms with Crippen molar-refractivity contribution in [1.82, 2.24) is 14.8 Å². The number of rotatable bonds is 3. The van der Waals surface area contributed by atoms with Gasteiger partial charge in [-0.3, -0.25) is 4.79 Å². The third-order valence-electron chi connectivity index (χ3n) is 6.37. The molecule has 3 aromatic heterocycles. The van der Waals surface area contributed by atoms with Crippen LogP contribution in [0.4, 0.5) is 4.39 Å². The van der Waals surface area contributed by atoms with E-state index < -0.39 is 5.82 Å². The van der Waals surface area contributed by atoms with Crippen LogP contribution in [-0.2, 0) is 4.74 Å². The van der Waals surface area contributed by atoms with E-state index in [1.165, 1.54) is 6.07 Å². The highest BCUT2D eigenvalue weighted by molar-refractivity contribution is 9.10. The first kappa shape index (κ1) is 22.4. The topological polar surface area (TPSA) is 63.8 Å². The van der Waals surface area contributed by atoms with Gasteiger partial charge in [0, 0.05) is 41.3 Å². The van der Waals surface area contributed by atoms with Gasteiger partial charge in [0.15, 0.2) is 12.4 Å². The van der Waals surface area contributed by atoms with Gasteiger partial charge in [-0.15, -0.1) is 0 Å². The third kappa shape index (κ3) is 3.86. The number of benzene rings is 2. The van der Waals surface area contributed by atoms with Gasteiger partial charge in [0.1, 0.15) is 17.6 Å². The van der Waals surface area contributed by atoms with Crippen LogP contribution in [0.25, 0.3) is 38.6 Å². The Hall–Kier alpha value is -3.07. The summed E-state index contributed by atoms with van der Waals surface area (Å²) in [6.07, 6.45) is 8.35. The summed E-state index contributed by atoms with van der Waals surface area (Å²) in [6.45, 7) is 0.689. The maximum Gasteiger partial charge on any atom is 0.321 e. The molecule has 9 heteroatoms. The molecule has 4 heterocycles. The van der Waals surface area contributed by atoms with Crippen molar-refractivity contribution in [2.75, 3.05) is 6.61 Å². The number of nitrogens with zero attached hydrogens (tertiary/aromatic N) is 3. The van der Waals surface area contributed by atoms with Crippen LogP contribution in [0.15, 0.2) is 70.3 Å². The van der Waals surface area contributed by atoms with Crippen molar-refractivity contribution in [2.24, 2.45) is 0 Å². The fourth-order valence-corrected chi connectivity index (χ4v) is 5.28. The van der Waals surface area contributed by atoms with E-state index in [0.29, 0.717) is 43.8 Å². The molecule has 1 unspecified atom stereocenters. The zero-order valence-corrected chi connectivity index (χ0v) is 20.8. The molecule has 0 radical (unpaired) electrons. The number of fused-ring (bicyclic) bond motifs is 2. The molecule has 5 aromatic rings. The van der Waals surface area contributed by atoms with Gasteiger partial charge in [0.05, 0.1) is 20.6 Å². The van der Waals surface area contributed by atoms with Crippen LogP contribution in [0.2, 0.25) is 5.02 Å². The monoisotopic (exact) mass is 553 g/mol. The molecule has 6 nitrogen and oxygen atoms in total. The Kier molecular flexibility index (Phi) is 5.67. The summed E-state index contributed by atoms with van der Waals surface area (Å²) in [5, 5.41) is 6.74. The van der Waals surface area contributed by atoms with Crippen LogP contribution in [0.1, 0.15) is 25.5 Å². The van der Waals surface area contributed by atoms with E-state index in [2.05, 4.69) is 20.9 Å². The Labute approximate surface area is 213 Å². The van der Waals surface area contributed by atoms with Gasteiger partial charge in [-0.25, -0.2) is 9.07 Å². The summed E-state index contributed by atoms with van der Waals surface area (Å²) >= 11 is 9.89. The average molecular weight is 555 g/mol. The molecule has 1 saturated heterocycles. The van der Waals surface area contributed by atoms with Gasteiger partial charge in [0.25, 0.3) is 5.69 Å². The standard InChI is InChI=1S/C26H19BrClFN4O2/c27-18-12-16-21(13-20(18)29)30-26(34)25(32-9-3-1-4-10-32)23(16)15-7-8-19(28)24-17(15)14-33(31-24)22-6-2-5-11-35-22/h1,3-4,7-10,12-14,22H,2,5-6,11H2/p+1. The Balaban J connectivity index is 1.71. The number of nitrogens with one attached hydrogen (secondary N) is 1. The Morgan fingerprint density at radius 1 is 1.17 bits per heavy atom. The number of ether oxygens (including phenoxy) is 1. The molecule has 2 aromatic carbocycles. The Morgan fingerprint density at radius 2 is 2.00 bits per heavy atom. The second-order valence-electron chi connectivity index (χ2n) is 8.56. The highest BCUT2D eigenvalue weighted by Gasteiger charge is 2.27. The molecular weight excluding hydrogens is 535 g/mol. The van der Waals surface area contributed by atoms with E-state index >= 15 is 0 Å². The third-order valence-corrected chi connectivity index (χ3v) is 7.28. The summed E-state index contributed by atoms with van der Waals surface area (Å²) < 4.78 is 24.3. The number of hydrogen-bond acceptors (Lipinski definition) is 3. The maximum absolute atomic E-state index is 14.4. The summed E-state index contributed by atoms with van der Waals surface area (Å²) in [4.78, 5) is 16.2. The van der Waals surface area contributed by atoms with Crippen molar-refractivity contribution in [3.05, 3.63) is 86.7 Å². The molecule has 6 rings (SSSR count). The molecule has 1 aliphatic rings. The van der Waals surface area contributed by atoms with E-state index in [4.69, 9.17) is 21.4 Å². The first-order chi connectivity index (χ1) is 17.0. The number of halogens is 3. The summed E-state index contributed by atoms with van der Waals surface area (Å²) in [5.74, 6) is -0.456. The maximum atomic E-state index is 14.4. The molecule has 1 aliphatic heterocycles. The molecule has 35 heavy (non-hydrogen) atoms. The van der Waals surface area contributed by atoms with Crippen molar-refractivity contribution >= 4 is 49.3 Å². The smallest absolute Gasteiger partial charge is 0.321 e. The normalized spacial score (nSPS) is 16.3. The average Bonchev–Trinajstić information content (AvgIpc) is 3.33. The van der Waals surface area contributed by atoms with Gasteiger partial charge in [-0.1, -0.05) is 23.7 Å². The van der Waals surface area contributed by atoms with Crippen LogP contribution in [0.5, 0.6) is 0 Å². The van der Waals surface area contributed by atoms with E-state index in [1.807, 2.05) is 47.5 Å². The predicted molar refractivity (Wildman–Crippen MR) is 136 cm³/mol. The van der Waals surface area contributed by atoms with E-state index in [-0.39, 0.29) is 11.8 Å². The van der Waals surface area contributed by atoms with Crippen molar-refractivity contribution in [3.8, 4) is 16.8 Å². The molecule has 0 aliphatic carbocycles. The van der Waals surface area contributed by atoms with E-state index in [1.54, 1.807) is 16.7 Å². The highest BCUT2D eigenvalue weighted by Crippen LogP contribution is 2.39. The summed E-state index contributed by atoms with van der Waals surface area (Å²) in [6, 6.07) is 12.3. The second kappa shape index (κ2) is 8.86. The Bertz CT molecular complexity index is 1650. The molecule has 1 atom stereocenters. The van der Waals surface area contributed by atoms with E-state index in [9.17, 15) is 9.18 Å². The van der Waals surface area contributed by atoms with Crippen LogP contribution in [0.3, 0.4) is 0 Å². The van der Waals surface area contributed by atoms with Crippen molar-refractivity contribution in [3.63, 3.8) is 0 Å². The lowest BCUT2D eigenvalue weighted by molar-refractivity contribution is -0.596. The van der Waals surface area contributed by atoms with Crippen molar-refractivity contribution in [2.45, 2.75) is 25.5 Å². The zero-order valence-electron chi connectivity index (χ0n) is 18.5. The number of H-pyrrole nitrogens is 1.